The van der Waals surface area contributed by atoms with Crippen LogP contribution in [0.3, 0.4) is 0 Å². The lowest BCUT2D eigenvalue weighted by Crippen LogP contribution is -2.34. The average molecular weight is 257 g/mol. The Labute approximate surface area is 105 Å². The lowest BCUT2D eigenvalue weighted by Gasteiger charge is -2.12. The van der Waals surface area contributed by atoms with E-state index in [-0.39, 0.29) is 25.2 Å². The Morgan fingerprint density at radius 1 is 1.56 bits per heavy atom. The van der Waals surface area contributed by atoms with Gasteiger partial charge in [0.05, 0.1) is 37.8 Å². The molecule has 8 heteroatoms. The van der Waals surface area contributed by atoms with Crippen LogP contribution < -0.4 is 11.1 Å². The maximum Gasteiger partial charge on any atom is 0.245 e. The van der Waals surface area contributed by atoms with Crippen molar-refractivity contribution in [3.8, 4) is 0 Å². The second kappa shape index (κ2) is 8.56. The second-order valence-corrected chi connectivity index (χ2v) is 3.73. The van der Waals surface area contributed by atoms with E-state index in [4.69, 9.17) is 15.2 Å². The molecule has 0 saturated carbocycles. The van der Waals surface area contributed by atoms with Gasteiger partial charge >= 0.3 is 0 Å². The van der Waals surface area contributed by atoms with Crippen LogP contribution in [0.2, 0.25) is 0 Å². The van der Waals surface area contributed by atoms with E-state index in [1.165, 1.54) is 0 Å². The molecule has 102 valence electrons. The fourth-order valence-corrected chi connectivity index (χ4v) is 1.18. The van der Waals surface area contributed by atoms with Crippen LogP contribution in [-0.2, 0) is 20.7 Å². The molecule has 1 aromatic rings. The molecule has 1 unspecified atom stereocenters. The standard InChI is InChI=1S/C10H19N5O3/c1-12-10(16)7-18-6-8(11)5-17-3-2-9-4-13-15-14-9/h4,8H,2-3,5-7,11H2,1H3,(H,12,16)(H,13,14,15). The molecule has 1 heterocycles. The van der Waals surface area contributed by atoms with Gasteiger partial charge in [-0.3, -0.25) is 4.79 Å². The van der Waals surface area contributed by atoms with Gasteiger partial charge in [-0.05, 0) is 0 Å². The van der Waals surface area contributed by atoms with Gasteiger partial charge < -0.3 is 20.5 Å². The van der Waals surface area contributed by atoms with Crippen molar-refractivity contribution in [2.24, 2.45) is 5.73 Å². The number of nitrogens with zero attached hydrogens (tertiary/aromatic N) is 2. The fourth-order valence-electron chi connectivity index (χ4n) is 1.18. The van der Waals surface area contributed by atoms with Gasteiger partial charge in [-0.15, -0.1) is 0 Å². The minimum absolute atomic E-state index is 0.0170. The molecule has 0 aliphatic rings. The van der Waals surface area contributed by atoms with Crippen molar-refractivity contribution in [2.45, 2.75) is 12.5 Å². The molecule has 1 atom stereocenters. The number of nitrogens with two attached hydrogens (primary N) is 1. The summed E-state index contributed by atoms with van der Waals surface area (Å²) >= 11 is 0. The van der Waals surface area contributed by atoms with Gasteiger partial charge in [0.1, 0.15) is 6.61 Å². The molecule has 1 amide bonds. The highest BCUT2D eigenvalue weighted by molar-refractivity contribution is 5.76. The number of nitrogens with one attached hydrogen (secondary N) is 2. The van der Waals surface area contributed by atoms with E-state index in [0.717, 1.165) is 5.69 Å². The molecule has 0 radical (unpaired) electrons. The minimum Gasteiger partial charge on any atom is -0.379 e. The van der Waals surface area contributed by atoms with E-state index in [1.54, 1.807) is 13.2 Å². The quantitative estimate of drug-likeness (QED) is 0.461. The first-order valence-electron chi connectivity index (χ1n) is 5.68. The van der Waals surface area contributed by atoms with Crippen molar-refractivity contribution in [3.05, 3.63) is 11.9 Å². The van der Waals surface area contributed by atoms with Gasteiger partial charge in [0.25, 0.3) is 0 Å². The molecule has 8 nitrogen and oxygen atoms in total. The van der Waals surface area contributed by atoms with E-state index in [0.29, 0.717) is 19.6 Å². The van der Waals surface area contributed by atoms with Crippen LogP contribution in [0.1, 0.15) is 5.69 Å². The van der Waals surface area contributed by atoms with Crippen LogP contribution >= 0.6 is 0 Å². The van der Waals surface area contributed by atoms with E-state index in [1.807, 2.05) is 0 Å². The predicted molar refractivity (Wildman–Crippen MR) is 63.8 cm³/mol. The van der Waals surface area contributed by atoms with Gasteiger partial charge in [0, 0.05) is 13.5 Å². The molecule has 0 fully saturated rings. The first-order valence-corrected chi connectivity index (χ1v) is 5.68. The number of likely N-dealkylation sites (N-methyl/N-ethyl adjacent to an activating group) is 1. The van der Waals surface area contributed by atoms with Crippen LogP contribution in [0.4, 0.5) is 0 Å². The third kappa shape index (κ3) is 6.28. The van der Waals surface area contributed by atoms with Gasteiger partial charge in [-0.2, -0.15) is 15.4 Å². The monoisotopic (exact) mass is 257 g/mol. The van der Waals surface area contributed by atoms with Crippen molar-refractivity contribution in [2.75, 3.05) is 33.5 Å². The van der Waals surface area contributed by atoms with E-state index >= 15 is 0 Å². The van der Waals surface area contributed by atoms with E-state index in [9.17, 15) is 4.79 Å². The molecule has 0 saturated heterocycles. The highest BCUT2D eigenvalue weighted by atomic mass is 16.5. The minimum atomic E-state index is -0.244. The zero-order valence-electron chi connectivity index (χ0n) is 10.4. The van der Waals surface area contributed by atoms with E-state index < -0.39 is 0 Å². The summed E-state index contributed by atoms with van der Waals surface area (Å²) in [7, 11) is 1.55. The molecule has 0 bridgehead atoms. The molecule has 0 aromatic carbocycles. The Balaban J connectivity index is 1.96. The summed E-state index contributed by atoms with van der Waals surface area (Å²) in [5.41, 5.74) is 6.59. The fraction of sp³-hybridized carbons (Fsp3) is 0.700. The van der Waals surface area contributed by atoms with Crippen molar-refractivity contribution in [1.29, 1.82) is 0 Å². The van der Waals surface area contributed by atoms with E-state index in [2.05, 4.69) is 20.7 Å². The summed E-state index contributed by atoms with van der Waals surface area (Å²) in [5.74, 6) is -0.172. The average Bonchev–Trinajstić information content (AvgIpc) is 2.87. The van der Waals surface area contributed by atoms with Crippen LogP contribution in [-0.4, -0.2) is 60.8 Å². The summed E-state index contributed by atoms with van der Waals surface area (Å²) in [4.78, 5) is 10.9. The van der Waals surface area contributed by atoms with Crippen LogP contribution in [0.25, 0.3) is 0 Å². The summed E-state index contributed by atoms with van der Waals surface area (Å²) in [6, 6.07) is -0.244. The van der Waals surface area contributed by atoms with Crippen molar-refractivity contribution < 1.29 is 14.3 Å². The number of ether oxygens (including phenoxy) is 2. The molecular weight excluding hydrogens is 238 g/mol. The lowest BCUT2D eigenvalue weighted by molar-refractivity contribution is -0.125. The first-order chi connectivity index (χ1) is 8.72. The van der Waals surface area contributed by atoms with Gasteiger partial charge in [-0.25, -0.2) is 0 Å². The van der Waals surface area contributed by atoms with Crippen LogP contribution in [0.15, 0.2) is 6.20 Å². The smallest absolute Gasteiger partial charge is 0.245 e. The number of aromatic amines is 1. The summed E-state index contributed by atoms with van der Waals surface area (Å²) in [6.07, 6.45) is 2.33. The lowest BCUT2D eigenvalue weighted by atomic mass is 10.3. The Kier molecular flexibility index (Phi) is 6.92. The number of aromatic nitrogens is 3. The Morgan fingerprint density at radius 3 is 3.00 bits per heavy atom. The Bertz CT molecular complexity index is 330. The predicted octanol–water partition coefficient (Wildman–Crippen LogP) is -1.55. The summed E-state index contributed by atoms with van der Waals surface area (Å²) in [5, 5.41) is 12.6. The topological polar surface area (TPSA) is 115 Å². The number of amides is 1. The Hall–Kier alpha value is -1.51. The van der Waals surface area contributed by atoms with Gasteiger partial charge in [0.15, 0.2) is 0 Å². The molecule has 1 aromatic heterocycles. The third-order valence-corrected chi connectivity index (χ3v) is 2.14. The number of hydrogen-bond donors (Lipinski definition) is 3. The van der Waals surface area contributed by atoms with Gasteiger partial charge in [0.2, 0.25) is 5.91 Å². The maximum absolute atomic E-state index is 10.9. The number of rotatable bonds is 9. The van der Waals surface area contributed by atoms with Crippen molar-refractivity contribution >= 4 is 5.91 Å². The third-order valence-electron chi connectivity index (χ3n) is 2.14. The van der Waals surface area contributed by atoms with Crippen molar-refractivity contribution in [1.82, 2.24) is 20.7 Å². The Morgan fingerprint density at radius 2 is 2.33 bits per heavy atom. The number of H-pyrrole nitrogens is 1. The normalized spacial score (nSPS) is 12.3. The molecule has 0 spiro atoms. The van der Waals surface area contributed by atoms with Gasteiger partial charge in [-0.1, -0.05) is 0 Å². The first kappa shape index (κ1) is 14.6. The highest BCUT2D eigenvalue weighted by Crippen LogP contribution is 1.92. The number of carbonyl (C=O) groups excluding carboxylic acids is 1. The maximum atomic E-state index is 10.9. The number of carbonyl (C=O) groups is 1. The largest absolute Gasteiger partial charge is 0.379 e. The highest BCUT2D eigenvalue weighted by Gasteiger charge is 2.05. The van der Waals surface area contributed by atoms with Crippen molar-refractivity contribution in [3.63, 3.8) is 0 Å². The molecule has 4 N–H and O–H groups in total. The molecule has 0 aliphatic carbocycles. The zero-order valence-corrected chi connectivity index (χ0v) is 10.4. The SMILES string of the molecule is CNC(=O)COCC(N)COCCc1cn[nH]n1. The molecule has 1 rings (SSSR count). The molecular formula is C10H19N5O3. The summed E-state index contributed by atoms with van der Waals surface area (Å²) in [6.45, 7) is 1.21. The van der Waals surface area contributed by atoms with Crippen LogP contribution in [0.5, 0.6) is 0 Å². The number of hydrogen-bond acceptors (Lipinski definition) is 6. The molecule has 18 heavy (non-hydrogen) atoms. The summed E-state index contributed by atoms with van der Waals surface area (Å²) < 4.78 is 10.5. The molecule has 0 aliphatic heterocycles. The zero-order chi connectivity index (χ0) is 13.2. The second-order valence-electron chi connectivity index (χ2n) is 3.73. The van der Waals surface area contributed by atoms with Crippen LogP contribution in [0, 0.1) is 0 Å².